The standard InChI is InChI=1S/C12H11NO3/c1-16-12(15)9-7-10(14)13-11(9)8-5-3-2-4-6-8/h2-7,11H,1H3,(H,13,14). The van der Waals surface area contributed by atoms with Crippen LogP contribution in [0.4, 0.5) is 0 Å². The summed E-state index contributed by atoms with van der Waals surface area (Å²) in [5, 5.41) is 2.70. The number of benzene rings is 1. The molecule has 82 valence electrons. The lowest BCUT2D eigenvalue weighted by atomic mass is 10.0. The second kappa shape index (κ2) is 4.18. The second-order valence-electron chi connectivity index (χ2n) is 3.44. The molecule has 0 fully saturated rings. The molecule has 1 atom stereocenters. The Hall–Kier alpha value is -2.10. The van der Waals surface area contributed by atoms with Gasteiger partial charge in [-0.25, -0.2) is 4.79 Å². The summed E-state index contributed by atoms with van der Waals surface area (Å²) in [7, 11) is 1.30. The van der Waals surface area contributed by atoms with Crippen molar-refractivity contribution in [1.82, 2.24) is 5.32 Å². The predicted molar refractivity (Wildman–Crippen MR) is 57.4 cm³/mol. The second-order valence-corrected chi connectivity index (χ2v) is 3.44. The Labute approximate surface area is 92.9 Å². The molecule has 1 aromatic carbocycles. The van der Waals surface area contributed by atoms with Crippen molar-refractivity contribution >= 4 is 11.9 Å². The molecule has 2 rings (SSSR count). The van der Waals surface area contributed by atoms with E-state index in [1.807, 2.05) is 30.3 Å². The molecule has 4 heteroatoms. The quantitative estimate of drug-likeness (QED) is 0.750. The molecule has 16 heavy (non-hydrogen) atoms. The van der Waals surface area contributed by atoms with Gasteiger partial charge in [-0.3, -0.25) is 4.79 Å². The summed E-state index contributed by atoms with van der Waals surface area (Å²) < 4.78 is 4.63. The maximum Gasteiger partial charge on any atom is 0.336 e. The minimum Gasteiger partial charge on any atom is -0.466 e. The minimum atomic E-state index is -0.479. The molecule has 1 unspecified atom stereocenters. The first kappa shape index (κ1) is 10.4. The maximum absolute atomic E-state index is 11.5. The summed E-state index contributed by atoms with van der Waals surface area (Å²) in [6.45, 7) is 0. The Bertz CT molecular complexity index is 451. The number of hydrogen-bond acceptors (Lipinski definition) is 3. The Morgan fingerprint density at radius 1 is 1.31 bits per heavy atom. The van der Waals surface area contributed by atoms with Gasteiger partial charge in [-0.05, 0) is 5.56 Å². The summed E-state index contributed by atoms with van der Waals surface area (Å²) >= 11 is 0. The predicted octanol–water partition coefficient (Wildman–Crippen LogP) is 0.957. The fraction of sp³-hybridized carbons (Fsp3) is 0.167. The zero-order chi connectivity index (χ0) is 11.5. The summed E-state index contributed by atoms with van der Waals surface area (Å²) in [6, 6.07) is 8.90. The van der Waals surface area contributed by atoms with Gasteiger partial charge in [-0.15, -0.1) is 0 Å². The molecule has 0 radical (unpaired) electrons. The average molecular weight is 217 g/mol. The summed E-state index contributed by atoms with van der Waals surface area (Å²) in [4.78, 5) is 22.7. The van der Waals surface area contributed by atoms with E-state index in [0.29, 0.717) is 5.57 Å². The molecule has 1 aromatic rings. The fourth-order valence-corrected chi connectivity index (χ4v) is 1.69. The van der Waals surface area contributed by atoms with E-state index < -0.39 is 12.0 Å². The van der Waals surface area contributed by atoms with Crippen LogP contribution >= 0.6 is 0 Å². The molecule has 0 aliphatic carbocycles. The number of hydrogen-bond donors (Lipinski definition) is 1. The van der Waals surface area contributed by atoms with Gasteiger partial charge in [0.05, 0.1) is 18.7 Å². The van der Waals surface area contributed by atoms with E-state index in [9.17, 15) is 9.59 Å². The number of carbonyl (C=O) groups is 2. The van der Waals surface area contributed by atoms with E-state index in [2.05, 4.69) is 10.1 Å². The van der Waals surface area contributed by atoms with Crippen LogP contribution in [-0.4, -0.2) is 19.0 Å². The molecule has 1 aliphatic rings. The number of nitrogens with one attached hydrogen (secondary N) is 1. The highest BCUT2D eigenvalue weighted by Crippen LogP contribution is 2.26. The lowest BCUT2D eigenvalue weighted by Crippen LogP contribution is -2.23. The molecule has 1 N–H and O–H groups in total. The van der Waals surface area contributed by atoms with Gasteiger partial charge in [0.1, 0.15) is 0 Å². The van der Waals surface area contributed by atoms with E-state index in [1.54, 1.807) is 0 Å². The summed E-state index contributed by atoms with van der Waals surface area (Å²) in [6.07, 6.45) is 1.28. The van der Waals surface area contributed by atoms with E-state index in [1.165, 1.54) is 13.2 Å². The molecule has 0 bridgehead atoms. The average Bonchev–Trinajstić information content (AvgIpc) is 2.71. The zero-order valence-electron chi connectivity index (χ0n) is 8.77. The van der Waals surface area contributed by atoms with Crippen LogP contribution in [0, 0.1) is 0 Å². The van der Waals surface area contributed by atoms with Crippen molar-refractivity contribution in [3.8, 4) is 0 Å². The van der Waals surface area contributed by atoms with Gasteiger partial charge >= 0.3 is 5.97 Å². The van der Waals surface area contributed by atoms with Crippen LogP contribution in [0.2, 0.25) is 0 Å². The van der Waals surface area contributed by atoms with Crippen LogP contribution in [0.3, 0.4) is 0 Å². The third-order valence-corrected chi connectivity index (χ3v) is 2.44. The van der Waals surface area contributed by atoms with Crippen molar-refractivity contribution in [2.45, 2.75) is 6.04 Å². The summed E-state index contributed by atoms with van der Waals surface area (Å²) in [5.41, 5.74) is 1.21. The Kier molecular flexibility index (Phi) is 2.72. The van der Waals surface area contributed by atoms with Crippen LogP contribution in [0.5, 0.6) is 0 Å². The zero-order valence-corrected chi connectivity index (χ0v) is 8.77. The smallest absolute Gasteiger partial charge is 0.336 e. The van der Waals surface area contributed by atoms with Gasteiger partial charge < -0.3 is 10.1 Å². The topological polar surface area (TPSA) is 55.4 Å². The summed E-state index contributed by atoms with van der Waals surface area (Å²) in [5.74, 6) is -0.749. The number of carbonyl (C=O) groups excluding carboxylic acids is 2. The molecule has 0 saturated heterocycles. The number of amides is 1. The van der Waals surface area contributed by atoms with Gasteiger partial charge in [-0.2, -0.15) is 0 Å². The van der Waals surface area contributed by atoms with Crippen molar-refractivity contribution in [1.29, 1.82) is 0 Å². The largest absolute Gasteiger partial charge is 0.466 e. The van der Waals surface area contributed by atoms with Crippen LogP contribution in [0.1, 0.15) is 11.6 Å². The van der Waals surface area contributed by atoms with E-state index >= 15 is 0 Å². The van der Waals surface area contributed by atoms with Gasteiger partial charge in [0, 0.05) is 6.08 Å². The fourth-order valence-electron chi connectivity index (χ4n) is 1.69. The monoisotopic (exact) mass is 217 g/mol. The minimum absolute atomic E-state index is 0.269. The van der Waals surface area contributed by atoms with Crippen molar-refractivity contribution in [3.63, 3.8) is 0 Å². The van der Waals surface area contributed by atoms with Crippen LogP contribution < -0.4 is 5.32 Å². The van der Waals surface area contributed by atoms with Crippen LogP contribution in [-0.2, 0) is 14.3 Å². The van der Waals surface area contributed by atoms with Gasteiger partial charge in [0.15, 0.2) is 0 Å². The Morgan fingerprint density at radius 2 is 2.00 bits per heavy atom. The third-order valence-electron chi connectivity index (χ3n) is 2.44. The first-order chi connectivity index (χ1) is 7.72. The SMILES string of the molecule is COC(=O)C1=CC(=O)NC1c1ccccc1. The molecule has 1 aliphatic heterocycles. The van der Waals surface area contributed by atoms with Crippen molar-refractivity contribution in [2.75, 3.05) is 7.11 Å². The third kappa shape index (κ3) is 1.82. The molecule has 0 spiro atoms. The molecule has 1 amide bonds. The van der Waals surface area contributed by atoms with Crippen molar-refractivity contribution < 1.29 is 14.3 Å². The molecule has 0 aromatic heterocycles. The molecule has 1 heterocycles. The van der Waals surface area contributed by atoms with Crippen molar-refractivity contribution in [2.24, 2.45) is 0 Å². The highest BCUT2D eigenvalue weighted by atomic mass is 16.5. The van der Waals surface area contributed by atoms with Gasteiger partial charge in [0.25, 0.3) is 0 Å². The Morgan fingerprint density at radius 3 is 2.62 bits per heavy atom. The van der Waals surface area contributed by atoms with E-state index in [4.69, 9.17) is 0 Å². The first-order valence-electron chi connectivity index (χ1n) is 4.87. The molecular formula is C12H11NO3. The number of ether oxygens (including phenoxy) is 1. The van der Waals surface area contributed by atoms with E-state index in [0.717, 1.165) is 5.56 Å². The lowest BCUT2D eigenvalue weighted by molar-refractivity contribution is -0.136. The molecular weight excluding hydrogens is 206 g/mol. The molecule has 0 saturated carbocycles. The van der Waals surface area contributed by atoms with Crippen LogP contribution in [0.15, 0.2) is 42.0 Å². The molecule has 4 nitrogen and oxygen atoms in total. The van der Waals surface area contributed by atoms with Gasteiger partial charge in [0.2, 0.25) is 5.91 Å². The van der Waals surface area contributed by atoms with E-state index in [-0.39, 0.29) is 5.91 Å². The highest BCUT2D eigenvalue weighted by molar-refractivity contribution is 6.03. The highest BCUT2D eigenvalue weighted by Gasteiger charge is 2.30. The maximum atomic E-state index is 11.5. The number of rotatable bonds is 2. The number of methoxy groups -OCH3 is 1. The van der Waals surface area contributed by atoms with Crippen LogP contribution in [0.25, 0.3) is 0 Å². The Balaban J connectivity index is 2.33. The van der Waals surface area contributed by atoms with Crippen molar-refractivity contribution in [3.05, 3.63) is 47.5 Å². The van der Waals surface area contributed by atoms with Gasteiger partial charge in [-0.1, -0.05) is 30.3 Å². The number of esters is 1. The lowest BCUT2D eigenvalue weighted by Gasteiger charge is -2.13. The first-order valence-corrected chi connectivity index (χ1v) is 4.87. The normalized spacial score (nSPS) is 18.9.